The molecule has 84 valence electrons. The van der Waals surface area contributed by atoms with Crippen LogP contribution < -0.4 is 5.32 Å². The molecule has 0 saturated heterocycles. The highest BCUT2D eigenvalue weighted by Crippen LogP contribution is 2.20. The van der Waals surface area contributed by atoms with Crippen molar-refractivity contribution >= 4 is 17.7 Å². The topological polar surface area (TPSA) is 58.0 Å². The summed E-state index contributed by atoms with van der Waals surface area (Å²) in [6.45, 7) is 4.18. The van der Waals surface area contributed by atoms with E-state index < -0.39 is 0 Å². The van der Waals surface area contributed by atoms with Crippen molar-refractivity contribution in [1.82, 2.24) is 9.97 Å². The van der Waals surface area contributed by atoms with Gasteiger partial charge < -0.3 is 10.4 Å². The molecule has 4 nitrogen and oxygen atoms in total. The Kier molecular flexibility index (Phi) is 4.84. The van der Waals surface area contributed by atoms with E-state index in [1.807, 2.05) is 19.9 Å². The minimum Gasteiger partial charge on any atom is -0.396 e. The molecule has 0 aliphatic carbocycles. The van der Waals surface area contributed by atoms with Gasteiger partial charge in [0.25, 0.3) is 0 Å². The molecule has 0 amide bonds. The van der Waals surface area contributed by atoms with Crippen LogP contribution in [-0.2, 0) is 0 Å². The molecule has 1 heterocycles. The summed E-state index contributed by atoms with van der Waals surface area (Å²) in [5.41, 5.74) is 0.952. The molecule has 15 heavy (non-hydrogen) atoms. The average molecular weight is 227 g/mol. The highest BCUT2D eigenvalue weighted by Gasteiger charge is 2.04. The van der Waals surface area contributed by atoms with E-state index in [9.17, 15) is 0 Å². The summed E-state index contributed by atoms with van der Waals surface area (Å²) in [4.78, 5) is 8.53. The van der Waals surface area contributed by atoms with Crippen molar-refractivity contribution in [3.63, 3.8) is 0 Å². The zero-order chi connectivity index (χ0) is 11.3. The number of nitrogens with zero attached hydrogens (tertiary/aromatic N) is 2. The van der Waals surface area contributed by atoms with Gasteiger partial charge in [-0.15, -0.1) is 11.8 Å². The second kappa shape index (κ2) is 5.92. The number of aliphatic hydroxyl groups is 1. The van der Waals surface area contributed by atoms with Crippen molar-refractivity contribution in [1.29, 1.82) is 0 Å². The Balaban J connectivity index is 2.64. The van der Waals surface area contributed by atoms with Gasteiger partial charge in [-0.3, -0.25) is 0 Å². The van der Waals surface area contributed by atoms with Gasteiger partial charge in [0.15, 0.2) is 0 Å². The van der Waals surface area contributed by atoms with Gasteiger partial charge in [-0.1, -0.05) is 6.92 Å². The van der Waals surface area contributed by atoms with Crippen molar-refractivity contribution in [2.24, 2.45) is 5.92 Å². The predicted octanol–water partition coefficient (Wildman–Crippen LogP) is 1.55. The summed E-state index contributed by atoms with van der Waals surface area (Å²) in [7, 11) is 1.81. The lowest BCUT2D eigenvalue weighted by atomic mass is 10.2. The number of thioether (sulfide) groups is 1. The van der Waals surface area contributed by atoms with E-state index in [1.165, 1.54) is 0 Å². The summed E-state index contributed by atoms with van der Waals surface area (Å²) in [6.07, 6.45) is 0. The molecule has 1 atom stereocenters. The highest BCUT2D eigenvalue weighted by molar-refractivity contribution is 7.99. The fourth-order valence-corrected chi connectivity index (χ4v) is 1.97. The van der Waals surface area contributed by atoms with Gasteiger partial charge in [-0.25, -0.2) is 9.97 Å². The van der Waals surface area contributed by atoms with E-state index in [0.717, 1.165) is 16.5 Å². The van der Waals surface area contributed by atoms with Crippen LogP contribution in [0.1, 0.15) is 12.6 Å². The Morgan fingerprint density at radius 3 is 2.87 bits per heavy atom. The molecule has 0 saturated carbocycles. The predicted molar refractivity (Wildman–Crippen MR) is 63.3 cm³/mol. The summed E-state index contributed by atoms with van der Waals surface area (Å²) in [6, 6.07) is 1.95. The van der Waals surface area contributed by atoms with Gasteiger partial charge in [-0.2, -0.15) is 0 Å². The fraction of sp³-hybridized carbons (Fsp3) is 0.600. The fourth-order valence-electron chi connectivity index (χ4n) is 1.01. The maximum Gasteiger partial charge on any atom is 0.223 e. The van der Waals surface area contributed by atoms with Gasteiger partial charge >= 0.3 is 0 Å². The maximum atomic E-state index is 8.91. The van der Waals surface area contributed by atoms with Gasteiger partial charge in [0.2, 0.25) is 5.95 Å². The Labute approximate surface area is 94.5 Å². The monoisotopic (exact) mass is 227 g/mol. The second-order valence-corrected chi connectivity index (χ2v) is 4.56. The number of nitrogens with one attached hydrogen (secondary N) is 1. The Hall–Kier alpha value is -0.810. The Morgan fingerprint density at radius 1 is 1.53 bits per heavy atom. The third-order valence-electron chi connectivity index (χ3n) is 1.88. The van der Waals surface area contributed by atoms with E-state index in [-0.39, 0.29) is 6.61 Å². The summed E-state index contributed by atoms with van der Waals surface area (Å²) >= 11 is 1.65. The van der Waals surface area contributed by atoms with Crippen LogP contribution in [0, 0.1) is 12.8 Å². The lowest BCUT2D eigenvalue weighted by Crippen LogP contribution is -2.04. The molecule has 0 aromatic carbocycles. The maximum absolute atomic E-state index is 8.91. The van der Waals surface area contributed by atoms with Gasteiger partial charge in [-0.05, 0) is 18.9 Å². The van der Waals surface area contributed by atoms with Crippen LogP contribution in [-0.4, -0.2) is 34.5 Å². The van der Waals surface area contributed by atoms with Gasteiger partial charge in [0, 0.05) is 25.1 Å². The SMILES string of the molecule is CNc1nc(C)cc(SCC(C)CO)n1. The molecule has 1 rings (SSSR count). The number of rotatable bonds is 5. The third-order valence-corrected chi connectivity index (χ3v) is 3.12. The minimum atomic E-state index is 0.218. The van der Waals surface area contributed by atoms with Crippen molar-refractivity contribution in [2.75, 3.05) is 24.7 Å². The van der Waals surface area contributed by atoms with E-state index in [1.54, 1.807) is 18.8 Å². The highest BCUT2D eigenvalue weighted by atomic mass is 32.2. The van der Waals surface area contributed by atoms with Crippen LogP contribution in [0.4, 0.5) is 5.95 Å². The number of hydrogen-bond acceptors (Lipinski definition) is 5. The van der Waals surface area contributed by atoms with Crippen molar-refractivity contribution < 1.29 is 5.11 Å². The second-order valence-electron chi connectivity index (χ2n) is 3.52. The number of hydrogen-bond donors (Lipinski definition) is 2. The molecule has 1 aromatic heterocycles. The molecule has 0 aliphatic heterocycles. The molecular weight excluding hydrogens is 210 g/mol. The molecule has 1 unspecified atom stereocenters. The first kappa shape index (κ1) is 12.3. The van der Waals surface area contributed by atoms with Crippen LogP contribution in [0.2, 0.25) is 0 Å². The quantitative estimate of drug-likeness (QED) is 0.590. The normalized spacial score (nSPS) is 12.5. The first-order chi connectivity index (χ1) is 7.15. The van der Waals surface area contributed by atoms with Crippen molar-refractivity contribution in [2.45, 2.75) is 18.9 Å². The van der Waals surface area contributed by atoms with Crippen molar-refractivity contribution in [3.05, 3.63) is 11.8 Å². The molecule has 0 aliphatic rings. The molecule has 1 aromatic rings. The molecule has 0 spiro atoms. The average Bonchev–Trinajstić information content (AvgIpc) is 2.25. The number of aryl methyl sites for hydroxylation is 1. The molecule has 0 bridgehead atoms. The van der Waals surface area contributed by atoms with Crippen LogP contribution >= 0.6 is 11.8 Å². The standard InChI is InChI=1S/C10H17N3OS/c1-7(5-14)6-15-9-4-8(2)12-10(11-3)13-9/h4,7,14H,5-6H2,1-3H3,(H,11,12,13). The molecule has 2 N–H and O–H groups in total. The zero-order valence-electron chi connectivity index (χ0n) is 9.32. The third kappa shape index (κ3) is 4.05. The lowest BCUT2D eigenvalue weighted by molar-refractivity contribution is 0.250. The van der Waals surface area contributed by atoms with Gasteiger partial charge in [0.1, 0.15) is 5.03 Å². The van der Waals surface area contributed by atoms with E-state index in [4.69, 9.17) is 5.11 Å². The van der Waals surface area contributed by atoms with Gasteiger partial charge in [0.05, 0.1) is 0 Å². The Morgan fingerprint density at radius 2 is 2.27 bits per heavy atom. The van der Waals surface area contributed by atoms with Crippen LogP contribution in [0.3, 0.4) is 0 Å². The molecule has 0 radical (unpaired) electrons. The number of aromatic nitrogens is 2. The van der Waals surface area contributed by atoms with E-state index in [2.05, 4.69) is 15.3 Å². The minimum absolute atomic E-state index is 0.218. The summed E-state index contributed by atoms with van der Waals surface area (Å²) < 4.78 is 0. The molecule has 0 fully saturated rings. The van der Waals surface area contributed by atoms with E-state index in [0.29, 0.717) is 11.9 Å². The zero-order valence-corrected chi connectivity index (χ0v) is 10.1. The first-order valence-electron chi connectivity index (χ1n) is 4.92. The van der Waals surface area contributed by atoms with Crippen LogP contribution in [0.25, 0.3) is 0 Å². The molecular formula is C10H17N3OS. The molecule has 5 heteroatoms. The smallest absolute Gasteiger partial charge is 0.223 e. The van der Waals surface area contributed by atoms with Crippen LogP contribution in [0.5, 0.6) is 0 Å². The van der Waals surface area contributed by atoms with Crippen LogP contribution in [0.15, 0.2) is 11.1 Å². The van der Waals surface area contributed by atoms with Crippen molar-refractivity contribution in [3.8, 4) is 0 Å². The first-order valence-corrected chi connectivity index (χ1v) is 5.91. The number of aliphatic hydroxyl groups excluding tert-OH is 1. The largest absolute Gasteiger partial charge is 0.396 e. The number of anilines is 1. The van der Waals surface area contributed by atoms with E-state index >= 15 is 0 Å². The summed E-state index contributed by atoms with van der Waals surface area (Å²) in [5.74, 6) is 1.81. The summed E-state index contributed by atoms with van der Waals surface area (Å²) in [5, 5.41) is 12.8. The Bertz CT molecular complexity index is 320. The lowest BCUT2D eigenvalue weighted by Gasteiger charge is -2.08.